The number of hydrogen-bond donors (Lipinski definition) is 1. The molecule has 0 radical (unpaired) electrons. The second kappa shape index (κ2) is 8.17. The molecule has 0 aliphatic carbocycles. The van der Waals surface area contributed by atoms with Gasteiger partial charge in [0.2, 0.25) is 5.91 Å². The number of anilines is 1. The zero-order valence-corrected chi connectivity index (χ0v) is 16.7. The van der Waals surface area contributed by atoms with Crippen LogP contribution in [0.5, 0.6) is 23.0 Å². The number of nitrogens with one attached hydrogen (secondary N) is 1. The summed E-state index contributed by atoms with van der Waals surface area (Å²) in [7, 11) is 0. The predicted octanol–water partition coefficient (Wildman–Crippen LogP) is 6.53. The third kappa shape index (κ3) is 5.13. The summed E-state index contributed by atoms with van der Waals surface area (Å²) in [4.78, 5) is 11.5. The van der Waals surface area contributed by atoms with Crippen molar-refractivity contribution >= 4 is 11.6 Å². The van der Waals surface area contributed by atoms with Crippen molar-refractivity contribution in [2.45, 2.75) is 33.1 Å². The average molecular weight is 375 g/mol. The van der Waals surface area contributed by atoms with E-state index in [2.05, 4.69) is 26.1 Å². The Morgan fingerprint density at radius 3 is 1.79 bits per heavy atom. The molecule has 0 fully saturated rings. The Morgan fingerprint density at radius 1 is 0.750 bits per heavy atom. The minimum atomic E-state index is -0.134. The Morgan fingerprint density at radius 2 is 1.25 bits per heavy atom. The van der Waals surface area contributed by atoms with Gasteiger partial charge in [0.05, 0.1) is 0 Å². The number of hydrogen-bond acceptors (Lipinski definition) is 3. The van der Waals surface area contributed by atoms with Gasteiger partial charge in [0.1, 0.15) is 23.0 Å². The minimum Gasteiger partial charge on any atom is -0.457 e. The molecule has 3 rings (SSSR count). The monoisotopic (exact) mass is 375 g/mol. The van der Waals surface area contributed by atoms with E-state index in [4.69, 9.17) is 9.47 Å². The lowest BCUT2D eigenvalue weighted by molar-refractivity contribution is -0.114. The topological polar surface area (TPSA) is 47.6 Å². The molecule has 1 amide bonds. The molecule has 4 heteroatoms. The number of para-hydroxylation sites is 1. The van der Waals surface area contributed by atoms with Gasteiger partial charge in [0.25, 0.3) is 0 Å². The molecular formula is C24H25NO3. The minimum absolute atomic E-state index is 0.0897. The first-order chi connectivity index (χ1) is 13.3. The molecule has 0 atom stereocenters. The van der Waals surface area contributed by atoms with Gasteiger partial charge in [-0.3, -0.25) is 4.79 Å². The van der Waals surface area contributed by atoms with Crippen LogP contribution in [-0.4, -0.2) is 5.91 Å². The Balaban J connectivity index is 1.76. The molecule has 4 nitrogen and oxygen atoms in total. The zero-order chi connectivity index (χ0) is 20.1. The normalized spacial score (nSPS) is 11.0. The van der Waals surface area contributed by atoms with Crippen LogP contribution in [0.2, 0.25) is 0 Å². The highest BCUT2D eigenvalue weighted by Crippen LogP contribution is 2.35. The summed E-state index contributed by atoms with van der Waals surface area (Å²) in [5.74, 6) is 2.88. The highest BCUT2D eigenvalue weighted by molar-refractivity contribution is 5.90. The van der Waals surface area contributed by atoms with Crippen LogP contribution in [0.4, 0.5) is 5.69 Å². The van der Waals surface area contributed by atoms with Crippen molar-refractivity contribution in [3.8, 4) is 23.0 Å². The lowest BCUT2D eigenvalue weighted by Crippen LogP contribution is -2.17. The smallest absolute Gasteiger partial charge is 0.221 e. The Labute approximate surface area is 166 Å². The van der Waals surface area contributed by atoms with Crippen molar-refractivity contribution < 1.29 is 14.3 Å². The molecule has 144 valence electrons. The van der Waals surface area contributed by atoms with Gasteiger partial charge in [-0.25, -0.2) is 0 Å². The molecule has 0 aliphatic rings. The Bertz CT molecular complexity index is 942. The fourth-order valence-corrected chi connectivity index (χ4v) is 2.84. The van der Waals surface area contributed by atoms with Crippen LogP contribution in [0.15, 0.2) is 72.8 Å². The summed E-state index contributed by atoms with van der Waals surface area (Å²) in [6.45, 7) is 7.82. The number of carbonyl (C=O) groups is 1. The third-order valence-electron chi connectivity index (χ3n) is 4.15. The average Bonchev–Trinajstić information content (AvgIpc) is 2.64. The summed E-state index contributed by atoms with van der Waals surface area (Å²) in [6, 6.07) is 22.8. The fraction of sp³-hybridized carbons (Fsp3) is 0.208. The number of amides is 1. The van der Waals surface area contributed by atoms with Gasteiger partial charge in [-0.1, -0.05) is 39.0 Å². The lowest BCUT2D eigenvalue weighted by Gasteiger charge is -2.23. The SMILES string of the molecule is CC(=O)Nc1ccc(Oc2ccc(Oc3ccccc3)cc2)cc1C(C)(C)C. The summed E-state index contributed by atoms with van der Waals surface area (Å²) >= 11 is 0. The highest BCUT2D eigenvalue weighted by atomic mass is 16.5. The molecule has 0 saturated carbocycles. The van der Waals surface area contributed by atoms with Crippen LogP contribution in [0.1, 0.15) is 33.3 Å². The summed E-state index contributed by atoms with van der Waals surface area (Å²) < 4.78 is 11.8. The van der Waals surface area contributed by atoms with E-state index in [1.807, 2.05) is 72.8 Å². The molecule has 0 saturated heterocycles. The van der Waals surface area contributed by atoms with Crippen molar-refractivity contribution in [1.82, 2.24) is 0 Å². The first-order valence-corrected chi connectivity index (χ1v) is 9.24. The maximum atomic E-state index is 11.5. The quantitative estimate of drug-likeness (QED) is 0.552. The van der Waals surface area contributed by atoms with Crippen LogP contribution in [0.3, 0.4) is 0 Å². The predicted molar refractivity (Wildman–Crippen MR) is 112 cm³/mol. The maximum Gasteiger partial charge on any atom is 0.221 e. The number of carbonyl (C=O) groups excluding carboxylic acids is 1. The molecule has 1 N–H and O–H groups in total. The van der Waals surface area contributed by atoms with Crippen molar-refractivity contribution in [3.63, 3.8) is 0 Å². The van der Waals surface area contributed by atoms with Crippen molar-refractivity contribution in [3.05, 3.63) is 78.4 Å². The molecule has 28 heavy (non-hydrogen) atoms. The first-order valence-electron chi connectivity index (χ1n) is 9.24. The van der Waals surface area contributed by atoms with Crippen molar-refractivity contribution in [2.75, 3.05) is 5.32 Å². The molecule has 0 aromatic heterocycles. The number of benzene rings is 3. The second-order valence-electron chi connectivity index (χ2n) is 7.63. The van der Waals surface area contributed by atoms with E-state index < -0.39 is 0 Å². The van der Waals surface area contributed by atoms with Crippen molar-refractivity contribution in [1.29, 1.82) is 0 Å². The number of ether oxygens (including phenoxy) is 2. The van der Waals surface area contributed by atoms with Gasteiger partial charge in [-0.05, 0) is 65.6 Å². The molecule has 3 aromatic carbocycles. The van der Waals surface area contributed by atoms with Crippen LogP contribution in [-0.2, 0) is 10.2 Å². The van der Waals surface area contributed by atoms with Gasteiger partial charge in [0.15, 0.2) is 0 Å². The third-order valence-corrected chi connectivity index (χ3v) is 4.15. The van der Waals surface area contributed by atoms with Crippen LogP contribution in [0.25, 0.3) is 0 Å². The van der Waals surface area contributed by atoms with Gasteiger partial charge in [-0.2, -0.15) is 0 Å². The molecular weight excluding hydrogens is 350 g/mol. The summed E-state index contributed by atoms with van der Waals surface area (Å²) in [5.41, 5.74) is 1.69. The van der Waals surface area contributed by atoms with E-state index in [1.54, 1.807) is 0 Å². The van der Waals surface area contributed by atoms with E-state index in [1.165, 1.54) is 6.92 Å². The highest BCUT2D eigenvalue weighted by Gasteiger charge is 2.19. The maximum absolute atomic E-state index is 11.5. The molecule has 0 aliphatic heterocycles. The van der Waals surface area contributed by atoms with Crippen molar-refractivity contribution in [2.24, 2.45) is 0 Å². The zero-order valence-electron chi connectivity index (χ0n) is 16.7. The van der Waals surface area contributed by atoms with Crippen LogP contribution >= 0.6 is 0 Å². The number of rotatable bonds is 5. The van der Waals surface area contributed by atoms with Gasteiger partial charge >= 0.3 is 0 Å². The molecule has 0 heterocycles. The van der Waals surface area contributed by atoms with Crippen LogP contribution in [0, 0.1) is 0 Å². The van der Waals surface area contributed by atoms with Gasteiger partial charge in [0, 0.05) is 12.6 Å². The molecule has 0 unspecified atom stereocenters. The van der Waals surface area contributed by atoms with Gasteiger partial charge in [-0.15, -0.1) is 0 Å². The second-order valence-corrected chi connectivity index (χ2v) is 7.63. The molecule has 0 bridgehead atoms. The first kappa shape index (κ1) is 19.5. The van der Waals surface area contributed by atoms with E-state index in [-0.39, 0.29) is 11.3 Å². The van der Waals surface area contributed by atoms with E-state index >= 15 is 0 Å². The Hall–Kier alpha value is -3.27. The van der Waals surface area contributed by atoms with Crippen LogP contribution < -0.4 is 14.8 Å². The van der Waals surface area contributed by atoms with E-state index in [0.717, 1.165) is 28.5 Å². The van der Waals surface area contributed by atoms with E-state index in [0.29, 0.717) is 5.75 Å². The Kier molecular flexibility index (Phi) is 5.69. The summed E-state index contributed by atoms with van der Waals surface area (Å²) in [6.07, 6.45) is 0. The van der Waals surface area contributed by atoms with E-state index in [9.17, 15) is 4.79 Å². The molecule has 3 aromatic rings. The fourth-order valence-electron chi connectivity index (χ4n) is 2.84. The largest absolute Gasteiger partial charge is 0.457 e. The standard InChI is InChI=1S/C24H25NO3/c1-17(26)25-23-15-14-21(16-22(23)24(2,3)4)28-20-12-10-19(11-13-20)27-18-8-6-5-7-9-18/h5-16H,1-4H3,(H,25,26). The lowest BCUT2D eigenvalue weighted by atomic mass is 9.85. The van der Waals surface area contributed by atoms with Gasteiger partial charge < -0.3 is 14.8 Å². The molecule has 0 spiro atoms. The summed E-state index contributed by atoms with van der Waals surface area (Å²) in [5, 5.41) is 2.89.